The highest BCUT2D eigenvalue weighted by Crippen LogP contribution is 2.45. The van der Waals surface area contributed by atoms with Crippen LogP contribution in [0.2, 0.25) is 0 Å². The van der Waals surface area contributed by atoms with Gasteiger partial charge in [0.1, 0.15) is 5.75 Å². The first-order valence-electron chi connectivity index (χ1n) is 9.75. The summed E-state index contributed by atoms with van der Waals surface area (Å²) in [6.45, 7) is 2.68. The molecule has 0 heterocycles. The summed E-state index contributed by atoms with van der Waals surface area (Å²) in [5.74, 6) is 0.898. The topological polar surface area (TPSA) is 9.23 Å². The zero-order valence-electron chi connectivity index (χ0n) is 16.1. The Labute approximate surface area is 167 Å². The second kappa shape index (κ2) is 8.14. The van der Waals surface area contributed by atoms with Gasteiger partial charge in [-0.05, 0) is 41.3 Å². The molecule has 0 saturated carbocycles. The lowest BCUT2D eigenvalue weighted by Crippen LogP contribution is -2.30. The van der Waals surface area contributed by atoms with Gasteiger partial charge in [-0.3, -0.25) is 0 Å². The smallest absolute Gasteiger partial charge is 0.119 e. The van der Waals surface area contributed by atoms with Gasteiger partial charge in [0.15, 0.2) is 0 Å². The van der Waals surface area contributed by atoms with Crippen molar-refractivity contribution < 1.29 is 4.74 Å². The summed E-state index contributed by atoms with van der Waals surface area (Å²) in [7, 11) is 0. The van der Waals surface area contributed by atoms with Gasteiger partial charge in [-0.1, -0.05) is 103 Å². The molecule has 0 atom stereocenters. The summed E-state index contributed by atoms with van der Waals surface area (Å²) < 4.78 is 5.69. The van der Waals surface area contributed by atoms with Crippen LogP contribution in [-0.2, 0) is 5.41 Å². The average Bonchev–Trinajstić information content (AvgIpc) is 2.78. The van der Waals surface area contributed by atoms with E-state index in [0.717, 1.165) is 5.75 Å². The summed E-state index contributed by atoms with van der Waals surface area (Å²) in [6.07, 6.45) is 0. The minimum absolute atomic E-state index is 0.394. The molecule has 0 aliphatic heterocycles. The Kier molecular flexibility index (Phi) is 5.25. The van der Waals surface area contributed by atoms with E-state index < -0.39 is 5.41 Å². The molecule has 0 bridgehead atoms. The van der Waals surface area contributed by atoms with Gasteiger partial charge in [0.05, 0.1) is 12.0 Å². The average molecular weight is 364 g/mol. The maximum absolute atomic E-state index is 5.69. The molecule has 4 aromatic carbocycles. The van der Waals surface area contributed by atoms with Crippen molar-refractivity contribution in [2.24, 2.45) is 0 Å². The first-order valence-corrected chi connectivity index (χ1v) is 9.75. The number of benzene rings is 4. The Morgan fingerprint density at radius 2 is 0.857 bits per heavy atom. The molecule has 0 fully saturated rings. The monoisotopic (exact) mass is 364 g/mol. The van der Waals surface area contributed by atoms with Crippen LogP contribution in [0, 0.1) is 0 Å². The van der Waals surface area contributed by atoms with Gasteiger partial charge in [-0.15, -0.1) is 0 Å². The highest BCUT2D eigenvalue weighted by molar-refractivity contribution is 5.60. The molecule has 0 radical (unpaired) electrons. The van der Waals surface area contributed by atoms with Gasteiger partial charge < -0.3 is 4.74 Å². The zero-order valence-corrected chi connectivity index (χ0v) is 16.1. The molecule has 0 spiro atoms. The van der Waals surface area contributed by atoms with Gasteiger partial charge in [-0.25, -0.2) is 0 Å². The van der Waals surface area contributed by atoms with Crippen molar-refractivity contribution in [3.63, 3.8) is 0 Å². The summed E-state index contributed by atoms with van der Waals surface area (Å²) in [5, 5.41) is 0. The molecule has 1 heteroatoms. The van der Waals surface area contributed by atoms with Gasteiger partial charge >= 0.3 is 0 Å². The molecular weight excluding hydrogens is 340 g/mol. The Bertz CT molecular complexity index is 894. The van der Waals surface area contributed by atoms with E-state index in [-0.39, 0.29) is 0 Å². The van der Waals surface area contributed by atoms with E-state index in [0.29, 0.717) is 6.61 Å². The van der Waals surface area contributed by atoms with Gasteiger partial charge in [0, 0.05) is 0 Å². The fraction of sp³-hybridized carbons (Fsp3) is 0.111. The van der Waals surface area contributed by atoms with Crippen LogP contribution in [0.4, 0.5) is 0 Å². The lowest BCUT2D eigenvalue weighted by molar-refractivity contribution is 0.340. The summed E-state index contributed by atoms with van der Waals surface area (Å²) in [6, 6.07) is 40.7. The Morgan fingerprint density at radius 1 is 0.500 bits per heavy atom. The van der Waals surface area contributed by atoms with Crippen molar-refractivity contribution in [2.45, 2.75) is 12.3 Å². The first-order chi connectivity index (χ1) is 13.9. The number of ether oxygens (including phenoxy) is 1. The normalized spacial score (nSPS) is 11.2. The van der Waals surface area contributed by atoms with E-state index in [9.17, 15) is 0 Å². The van der Waals surface area contributed by atoms with E-state index in [1.807, 2.05) is 6.92 Å². The van der Waals surface area contributed by atoms with E-state index in [1.165, 1.54) is 22.3 Å². The fourth-order valence-corrected chi connectivity index (χ4v) is 4.03. The van der Waals surface area contributed by atoms with Crippen LogP contribution in [0.15, 0.2) is 115 Å². The summed E-state index contributed by atoms with van der Waals surface area (Å²) in [4.78, 5) is 0. The zero-order chi connectivity index (χ0) is 19.2. The van der Waals surface area contributed by atoms with Crippen molar-refractivity contribution in [2.75, 3.05) is 6.61 Å². The minimum atomic E-state index is -0.394. The van der Waals surface area contributed by atoms with Crippen LogP contribution in [-0.4, -0.2) is 6.61 Å². The molecule has 0 unspecified atom stereocenters. The number of rotatable bonds is 6. The Hall–Kier alpha value is -3.32. The van der Waals surface area contributed by atoms with Crippen molar-refractivity contribution in [1.29, 1.82) is 0 Å². The Balaban J connectivity index is 2.04. The van der Waals surface area contributed by atoms with E-state index in [1.54, 1.807) is 0 Å². The molecule has 28 heavy (non-hydrogen) atoms. The van der Waals surface area contributed by atoms with Crippen LogP contribution in [0.25, 0.3) is 0 Å². The second-order valence-electron chi connectivity index (χ2n) is 6.81. The largest absolute Gasteiger partial charge is 0.494 e. The standard InChI is InChI=1S/C27H24O/c1-2-28-26-20-18-25(19-21-26)27(22-12-6-3-7-13-22,23-14-8-4-9-15-23)24-16-10-5-11-17-24/h3-21H,2H2,1H3. The fourth-order valence-electron chi connectivity index (χ4n) is 4.03. The van der Waals surface area contributed by atoms with Crippen molar-refractivity contribution in [3.05, 3.63) is 138 Å². The third kappa shape index (κ3) is 3.20. The van der Waals surface area contributed by atoms with Crippen molar-refractivity contribution in [3.8, 4) is 5.75 Å². The predicted molar refractivity (Wildman–Crippen MR) is 116 cm³/mol. The highest BCUT2D eigenvalue weighted by atomic mass is 16.5. The molecule has 0 amide bonds. The van der Waals surface area contributed by atoms with Gasteiger partial charge in [0.2, 0.25) is 0 Å². The predicted octanol–water partition coefficient (Wildman–Crippen LogP) is 6.47. The van der Waals surface area contributed by atoms with E-state index >= 15 is 0 Å². The molecule has 0 aliphatic carbocycles. The Morgan fingerprint density at radius 3 is 1.21 bits per heavy atom. The molecule has 0 saturated heterocycles. The second-order valence-corrected chi connectivity index (χ2v) is 6.81. The van der Waals surface area contributed by atoms with Crippen LogP contribution >= 0.6 is 0 Å². The molecule has 1 nitrogen and oxygen atoms in total. The number of hydrogen-bond donors (Lipinski definition) is 0. The molecular formula is C27H24O. The third-order valence-corrected chi connectivity index (χ3v) is 5.22. The van der Waals surface area contributed by atoms with Crippen LogP contribution in [0.1, 0.15) is 29.2 Å². The third-order valence-electron chi connectivity index (χ3n) is 5.22. The molecule has 0 N–H and O–H groups in total. The van der Waals surface area contributed by atoms with Gasteiger partial charge in [0.25, 0.3) is 0 Å². The van der Waals surface area contributed by atoms with E-state index in [2.05, 4.69) is 115 Å². The van der Waals surface area contributed by atoms with Crippen LogP contribution in [0.5, 0.6) is 5.75 Å². The van der Waals surface area contributed by atoms with Crippen molar-refractivity contribution in [1.82, 2.24) is 0 Å². The molecule has 138 valence electrons. The van der Waals surface area contributed by atoms with E-state index in [4.69, 9.17) is 4.74 Å². The van der Waals surface area contributed by atoms with Crippen LogP contribution in [0.3, 0.4) is 0 Å². The lowest BCUT2D eigenvalue weighted by atomic mass is 9.65. The lowest BCUT2D eigenvalue weighted by Gasteiger charge is -2.36. The quantitative estimate of drug-likeness (QED) is 0.356. The highest BCUT2D eigenvalue weighted by Gasteiger charge is 2.38. The molecule has 4 aromatic rings. The summed E-state index contributed by atoms with van der Waals surface area (Å²) >= 11 is 0. The minimum Gasteiger partial charge on any atom is -0.494 e. The maximum atomic E-state index is 5.69. The molecule has 0 aromatic heterocycles. The molecule has 0 aliphatic rings. The maximum Gasteiger partial charge on any atom is 0.119 e. The SMILES string of the molecule is CCOc1ccc(C(c2ccccc2)(c2ccccc2)c2ccccc2)cc1. The first kappa shape index (κ1) is 18.1. The van der Waals surface area contributed by atoms with Gasteiger partial charge in [-0.2, -0.15) is 0 Å². The van der Waals surface area contributed by atoms with Crippen molar-refractivity contribution >= 4 is 0 Å². The summed E-state index contributed by atoms with van der Waals surface area (Å²) in [5.41, 5.74) is 4.57. The molecule has 4 rings (SSSR count). The number of hydrogen-bond acceptors (Lipinski definition) is 1. The van der Waals surface area contributed by atoms with Crippen LogP contribution < -0.4 is 4.74 Å².